The molecule has 0 aliphatic heterocycles. The summed E-state index contributed by atoms with van der Waals surface area (Å²) < 4.78 is 5.34. The van der Waals surface area contributed by atoms with Gasteiger partial charge < -0.3 is 14.9 Å². The number of ether oxygens (including phenoxy) is 1. The van der Waals surface area contributed by atoms with Crippen LogP contribution in [0.4, 0.5) is 0 Å². The molecule has 1 rings (SSSR count). The Morgan fingerprint density at radius 2 is 1.84 bits per heavy atom. The van der Waals surface area contributed by atoms with Gasteiger partial charge in [-0.3, -0.25) is 4.98 Å². The second-order valence-corrected chi connectivity index (χ2v) is 6.13. The average molecular weight is 267 g/mol. The highest BCUT2D eigenvalue weighted by Crippen LogP contribution is 2.27. The van der Waals surface area contributed by atoms with Crippen LogP contribution < -0.4 is 4.74 Å². The van der Waals surface area contributed by atoms with E-state index in [1.807, 2.05) is 34.6 Å². The molecule has 1 heterocycles. The molecule has 2 N–H and O–H groups in total. The van der Waals surface area contributed by atoms with E-state index in [2.05, 4.69) is 4.98 Å². The van der Waals surface area contributed by atoms with Crippen LogP contribution in [0, 0.1) is 19.3 Å². The lowest BCUT2D eigenvalue weighted by atomic mass is 9.84. The van der Waals surface area contributed by atoms with Crippen molar-refractivity contribution < 1.29 is 14.9 Å². The Hall–Kier alpha value is -1.13. The fourth-order valence-corrected chi connectivity index (χ4v) is 2.16. The minimum absolute atomic E-state index is 0.320. The number of nitrogens with zero attached hydrogens (tertiary/aromatic N) is 1. The molecule has 0 radical (unpaired) electrons. The van der Waals surface area contributed by atoms with E-state index in [0.717, 1.165) is 22.6 Å². The molecule has 19 heavy (non-hydrogen) atoms. The summed E-state index contributed by atoms with van der Waals surface area (Å²) in [7, 11) is 1.62. The number of aryl methyl sites for hydroxylation is 1. The van der Waals surface area contributed by atoms with Crippen molar-refractivity contribution in [3.8, 4) is 5.75 Å². The first-order valence-corrected chi connectivity index (χ1v) is 6.53. The highest BCUT2D eigenvalue weighted by molar-refractivity contribution is 5.41. The van der Waals surface area contributed by atoms with Crippen LogP contribution in [0.15, 0.2) is 6.20 Å². The second kappa shape index (κ2) is 5.88. The first-order chi connectivity index (χ1) is 8.68. The van der Waals surface area contributed by atoms with Crippen molar-refractivity contribution >= 4 is 0 Å². The van der Waals surface area contributed by atoms with E-state index >= 15 is 0 Å². The SMILES string of the molecule is COc1c(C)cnc(CC(O)C(O)C(C)(C)C)c1C. The summed E-state index contributed by atoms with van der Waals surface area (Å²) in [5.41, 5.74) is 2.29. The number of aliphatic hydroxyl groups is 2. The summed E-state index contributed by atoms with van der Waals surface area (Å²) >= 11 is 0. The normalized spacial score (nSPS) is 15.2. The van der Waals surface area contributed by atoms with E-state index in [-0.39, 0.29) is 5.41 Å². The minimum Gasteiger partial charge on any atom is -0.496 e. The molecule has 0 aliphatic rings. The Morgan fingerprint density at radius 1 is 1.26 bits per heavy atom. The van der Waals surface area contributed by atoms with Crippen LogP contribution in [-0.2, 0) is 6.42 Å². The summed E-state index contributed by atoms with van der Waals surface area (Å²) in [4.78, 5) is 4.34. The molecule has 2 atom stereocenters. The third-order valence-electron chi connectivity index (χ3n) is 3.40. The summed E-state index contributed by atoms with van der Waals surface area (Å²) in [5.74, 6) is 0.794. The van der Waals surface area contributed by atoms with Gasteiger partial charge in [-0.2, -0.15) is 0 Å². The molecule has 4 heteroatoms. The fraction of sp³-hybridized carbons (Fsp3) is 0.667. The standard InChI is InChI=1S/C15H25NO3/c1-9-8-16-11(10(2)13(9)19-6)7-12(17)14(18)15(3,4)5/h8,12,14,17-18H,7H2,1-6H3. The van der Waals surface area contributed by atoms with Crippen molar-refractivity contribution in [1.29, 1.82) is 0 Å². The molecular weight excluding hydrogens is 242 g/mol. The highest BCUT2D eigenvalue weighted by atomic mass is 16.5. The lowest BCUT2D eigenvalue weighted by Crippen LogP contribution is -2.39. The molecule has 4 nitrogen and oxygen atoms in total. The Labute approximate surface area is 115 Å². The molecular formula is C15H25NO3. The number of aliphatic hydroxyl groups excluding tert-OH is 2. The number of rotatable bonds is 4. The van der Waals surface area contributed by atoms with Crippen molar-refractivity contribution in [3.05, 3.63) is 23.0 Å². The van der Waals surface area contributed by atoms with Gasteiger partial charge in [-0.05, 0) is 19.3 Å². The van der Waals surface area contributed by atoms with Gasteiger partial charge in [0.15, 0.2) is 0 Å². The van der Waals surface area contributed by atoms with E-state index in [1.165, 1.54) is 0 Å². The van der Waals surface area contributed by atoms with Crippen LogP contribution in [0.2, 0.25) is 0 Å². The highest BCUT2D eigenvalue weighted by Gasteiger charge is 2.30. The van der Waals surface area contributed by atoms with Crippen molar-refractivity contribution in [2.24, 2.45) is 5.41 Å². The van der Waals surface area contributed by atoms with Gasteiger partial charge in [-0.15, -0.1) is 0 Å². The Balaban J connectivity index is 2.95. The number of aromatic nitrogens is 1. The van der Waals surface area contributed by atoms with E-state index < -0.39 is 12.2 Å². The van der Waals surface area contributed by atoms with Crippen LogP contribution in [0.3, 0.4) is 0 Å². The first kappa shape index (κ1) is 15.9. The van der Waals surface area contributed by atoms with Gasteiger partial charge in [-0.1, -0.05) is 20.8 Å². The number of pyridine rings is 1. The number of hydrogen-bond acceptors (Lipinski definition) is 4. The zero-order valence-corrected chi connectivity index (χ0v) is 12.7. The first-order valence-electron chi connectivity index (χ1n) is 6.53. The molecule has 0 amide bonds. The Morgan fingerprint density at radius 3 is 2.32 bits per heavy atom. The summed E-state index contributed by atoms with van der Waals surface area (Å²) in [5, 5.41) is 20.2. The summed E-state index contributed by atoms with van der Waals surface area (Å²) in [6, 6.07) is 0. The molecule has 0 bridgehead atoms. The second-order valence-electron chi connectivity index (χ2n) is 6.13. The monoisotopic (exact) mass is 267 g/mol. The number of hydrogen-bond donors (Lipinski definition) is 2. The van der Waals surface area contributed by atoms with Crippen LogP contribution in [0.5, 0.6) is 5.75 Å². The fourth-order valence-electron chi connectivity index (χ4n) is 2.16. The average Bonchev–Trinajstić information content (AvgIpc) is 2.31. The quantitative estimate of drug-likeness (QED) is 0.876. The maximum absolute atomic E-state index is 10.1. The van der Waals surface area contributed by atoms with Gasteiger partial charge in [0.05, 0.1) is 19.3 Å². The lowest BCUT2D eigenvalue weighted by molar-refractivity contribution is -0.0438. The van der Waals surface area contributed by atoms with Crippen LogP contribution in [0.25, 0.3) is 0 Å². The zero-order chi connectivity index (χ0) is 14.8. The van der Waals surface area contributed by atoms with Crippen molar-refractivity contribution in [1.82, 2.24) is 4.98 Å². The Bertz CT molecular complexity index is 438. The maximum atomic E-state index is 10.1. The maximum Gasteiger partial charge on any atom is 0.128 e. The smallest absolute Gasteiger partial charge is 0.128 e. The third-order valence-corrected chi connectivity index (χ3v) is 3.40. The predicted molar refractivity (Wildman–Crippen MR) is 75.4 cm³/mol. The van der Waals surface area contributed by atoms with E-state index in [4.69, 9.17) is 4.74 Å². The van der Waals surface area contributed by atoms with Crippen molar-refractivity contribution in [3.63, 3.8) is 0 Å². The third kappa shape index (κ3) is 3.67. The van der Waals surface area contributed by atoms with Crippen molar-refractivity contribution in [2.75, 3.05) is 7.11 Å². The topological polar surface area (TPSA) is 62.6 Å². The van der Waals surface area contributed by atoms with Crippen LogP contribution >= 0.6 is 0 Å². The van der Waals surface area contributed by atoms with Gasteiger partial charge in [-0.25, -0.2) is 0 Å². The van der Waals surface area contributed by atoms with Gasteiger partial charge in [0.25, 0.3) is 0 Å². The van der Waals surface area contributed by atoms with E-state index in [1.54, 1.807) is 13.3 Å². The molecule has 0 spiro atoms. The van der Waals surface area contributed by atoms with Gasteiger partial charge >= 0.3 is 0 Å². The van der Waals surface area contributed by atoms with Crippen LogP contribution in [0.1, 0.15) is 37.6 Å². The molecule has 0 aliphatic carbocycles. The van der Waals surface area contributed by atoms with E-state index in [9.17, 15) is 10.2 Å². The molecule has 1 aromatic heterocycles. The molecule has 0 saturated carbocycles. The molecule has 108 valence electrons. The molecule has 0 saturated heterocycles. The Kier molecular flexibility index (Phi) is 4.93. The van der Waals surface area contributed by atoms with Gasteiger partial charge in [0.1, 0.15) is 5.75 Å². The largest absolute Gasteiger partial charge is 0.496 e. The predicted octanol–water partition coefficient (Wildman–Crippen LogP) is 2.02. The lowest BCUT2D eigenvalue weighted by Gasteiger charge is -2.30. The molecule has 0 aromatic carbocycles. The van der Waals surface area contributed by atoms with Crippen LogP contribution in [-0.4, -0.2) is 34.5 Å². The van der Waals surface area contributed by atoms with Crippen molar-refractivity contribution in [2.45, 2.75) is 53.2 Å². The van der Waals surface area contributed by atoms with E-state index in [0.29, 0.717) is 6.42 Å². The van der Waals surface area contributed by atoms with Gasteiger partial charge in [0, 0.05) is 29.4 Å². The summed E-state index contributed by atoms with van der Waals surface area (Å²) in [6.45, 7) is 9.55. The summed E-state index contributed by atoms with van der Waals surface area (Å²) in [6.07, 6.45) is 0.428. The molecule has 0 fully saturated rings. The van der Waals surface area contributed by atoms with Gasteiger partial charge in [0.2, 0.25) is 0 Å². The number of methoxy groups -OCH3 is 1. The zero-order valence-electron chi connectivity index (χ0n) is 12.7. The molecule has 1 aromatic rings. The molecule has 2 unspecified atom stereocenters. The minimum atomic E-state index is -0.835.